The molecule has 0 bridgehead atoms. The molecule has 0 spiro atoms. The fraction of sp³-hybridized carbons (Fsp3) is 0.471. The van der Waals surface area contributed by atoms with Crippen molar-refractivity contribution in [2.75, 3.05) is 19.3 Å². The molecule has 7 heteroatoms. The largest absolute Gasteiger partial charge is 0.387 e. The number of benzene rings is 1. The number of nitrogens with zero attached hydrogens (tertiary/aromatic N) is 3. The summed E-state index contributed by atoms with van der Waals surface area (Å²) in [6.45, 7) is 2.33. The molecule has 1 aliphatic heterocycles. The van der Waals surface area contributed by atoms with E-state index in [1.54, 1.807) is 30.5 Å². The molecule has 130 valence electrons. The number of rotatable bonds is 6. The number of aromatic nitrogens is 2. The molecule has 1 fully saturated rings. The van der Waals surface area contributed by atoms with Crippen LogP contribution in [0.5, 0.6) is 0 Å². The quantitative estimate of drug-likeness (QED) is 0.855. The zero-order chi connectivity index (χ0) is 17.2. The van der Waals surface area contributed by atoms with Crippen molar-refractivity contribution in [3.05, 3.63) is 48.3 Å². The second kappa shape index (κ2) is 7.04. The molecule has 0 radical (unpaired) electrons. The summed E-state index contributed by atoms with van der Waals surface area (Å²) in [5.41, 5.74) is 0.743. The van der Waals surface area contributed by atoms with E-state index in [1.165, 1.54) is 6.26 Å². The number of sulfone groups is 1. The van der Waals surface area contributed by atoms with Gasteiger partial charge in [0.05, 0.1) is 17.5 Å². The van der Waals surface area contributed by atoms with Crippen LogP contribution in [-0.4, -0.2) is 53.6 Å². The molecule has 1 aromatic heterocycles. The number of aliphatic hydroxyl groups excluding tert-OH is 1. The zero-order valence-corrected chi connectivity index (χ0v) is 14.6. The molecular weight excluding hydrogens is 326 g/mol. The highest BCUT2D eigenvalue weighted by atomic mass is 32.2. The van der Waals surface area contributed by atoms with Gasteiger partial charge >= 0.3 is 0 Å². The van der Waals surface area contributed by atoms with E-state index < -0.39 is 15.9 Å². The zero-order valence-electron chi connectivity index (χ0n) is 13.7. The van der Waals surface area contributed by atoms with Crippen LogP contribution in [0.15, 0.2) is 47.6 Å². The van der Waals surface area contributed by atoms with Crippen LogP contribution in [0, 0.1) is 0 Å². The molecule has 1 N–H and O–H groups in total. The van der Waals surface area contributed by atoms with E-state index in [-0.39, 0.29) is 4.90 Å². The third-order valence-electron chi connectivity index (χ3n) is 4.56. The maximum absolute atomic E-state index is 11.5. The van der Waals surface area contributed by atoms with Crippen LogP contribution in [0.4, 0.5) is 0 Å². The highest BCUT2D eigenvalue weighted by Crippen LogP contribution is 2.24. The third kappa shape index (κ3) is 4.03. The van der Waals surface area contributed by atoms with Crippen LogP contribution in [0.3, 0.4) is 0 Å². The summed E-state index contributed by atoms with van der Waals surface area (Å²) in [6.07, 6.45) is 6.50. The molecule has 0 amide bonds. The lowest BCUT2D eigenvalue weighted by Crippen LogP contribution is -2.36. The summed E-state index contributed by atoms with van der Waals surface area (Å²) in [7, 11) is -3.21. The first kappa shape index (κ1) is 17.1. The molecule has 2 aromatic rings. The fourth-order valence-electron chi connectivity index (χ4n) is 3.23. The highest BCUT2D eigenvalue weighted by molar-refractivity contribution is 7.90. The van der Waals surface area contributed by atoms with E-state index in [2.05, 4.69) is 10.00 Å². The van der Waals surface area contributed by atoms with Crippen LogP contribution < -0.4 is 0 Å². The molecule has 0 saturated carbocycles. The van der Waals surface area contributed by atoms with Crippen LogP contribution in [0.2, 0.25) is 0 Å². The van der Waals surface area contributed by atoms with E-state index >= 15 is 0 Å². The molecule has 2 atom stereocenters. The van der Waals surface area contributed by atoms with Crippen molar-refractivity contribution in [1.29, 1.82) is 0 Å². The van der Waals surface area contributed by atoms with E-state index in [0.717, 1.165) is 31.5 Å². The van der Waals surface area contributed by atoms with Gasteiger partial charge in [-0.15, -0.1) is 0 Å². The van der Waals surface area contributed by atoms with E-state index in [9.17, 15) is 13.5 Å². The lowest BCUT2D eigenvalue weighted by atomic mass is 10.1. The Bertz CT molecular complexity index is 757. The molecular formula is C17H23N3O3S. The Balaban J connectivity index is 1.64. The second-order valence-electron chi connectivity index (χ2n) is 6.38. The van der Waals surface area contributed by atoms with Gasteiger partial charge in [0, 0.05) is 31.2 Å². The van der Waals surface area contributed by atoms with Gasteiger partial charge in [-0.1, -0.05) is 12.1 Å². The Hall–Kier alpha value is -1.70. The van der Waals surface area contributed by atoms with Crippen molar-refractivity contribution in [3.8, 4) is 0 Å². The minimum Gasteiger partial charge on any atom is -0.387 e. The van der Waals surface area contributed by atoms with Crippen molar-refractivity contribution in [2.45, 2.75) is 36.4 Å². The molecule has 6 nitrogen and oxygen atoms in total. The average molecular weight is 349 g/mol. The van der Waals surface area contributed by atoms with Gasteiger partial charge in [0.2, 0.25) is 0 Å². The maximum Gasteiger partial charge on any atom is 0.175 e. The summed E-state index contributed by atoms with van der Waals surface area (Å²) >= 11 is 0. The van der Waals surface area contributed by atoms with Gasteiger partial charge in [0.25, 0.3) is 0 Å². The van der Waals surface area contributed by atoms with Crippen molar-refractivity contribution in [1.82, 2.24) is 14.7 Å². The Kier molecular flexibility index (Phi) is 5.03. The standard InChI is InChI=1S/C17H23N3O3S/c1-24(22,23)16-7-5-14(6-8-16)17(21)13-19-10-2-4-15(19)12-20-11-3-9-18-20/h3,5-9,11,15,17,21H,2,4,10,12-13H2,1H3/t15-,17+/m1/s1. The summed E-state index contributed by atoms with van der Waals surface area (Å²) in [4.78, 5) is 2.56. The normalized spacial score (nSPS) is 20.3. The molecule has 24 heavy (non-hydrogen) atoms. The second-order valence-corrected chi connectivity index (χ2v) is 8.39. The number of hydrogen-bond donors (Lipinski definition) is 1. The molecule has 1 aliphatic rings. The van der Waals surface area contributed by atoms with Gasteiger partial charge in [-0.25, -0.2) is 8.42 Å². The van der Waals surface area contributed by atoms with Gasteiger partial charge in [0.1, 0.15) is 0 Å². The minimum absolute atomic E-state index is 0.274. The van der Waals surface area contributed by atoms with Gasteiger partial charge in [-0.3, -0.25) is 9.58 Å². The Labute approximate surface area is 142 Å². The Morgan fingerprint density at radius 2 is 2.08 bits per heavy atom. The Morgan fingerprint density at radius 3 is 2.71 bits per heavy atom. The molecule has 0 aliphatic carbocycles. The lowest BCUT2D eigenvalue weighted by molar-refractivity contribution is 0.100. The average Bonchev–Trinajstić information content (AvgIpc) is 3.20. The van der Waals surface area contributed by atoms with Gasteiger partial charge < -0.3 is 5.11 Å². The topological polar surface area (TPSA) is 75.4 Å². The van der Waals surface area contributed by atoms with E-state index in [1.807, 2.05) is 16.9 Å². The predicted octanol–water partition coefficient (Wildman–Crippen LogP) is 1.48. The monoisotopic (exact) mass is 349 g/mol. The van der Waals surface area contributed by atoms with Crippen LogP contribution in [-0.2, 0) is 16.4 Å². The SMILES string of the molecule is CS(=O)(=O)c1ccc([C@@H](O)CN2CCC[C@@H]2Cn2cccn2)cc1. The van der Waals surface area contributed by atoms with Crippen LogP contribution in [0.1, 0.15) is 24.5 Å². The summed E-state index contributed by atoms with van der Waals surface area (Å²) in [5.74, 6) is 0. The minimum atomic E-state index is -3.21. The van der Waals surface area contributed by atoms with Gasteiger partial charge in [-0.2, -0.15) is 5.10 Å². The summed E-state index contributed by atoms with van der Waals surface area (Å²) < 4.78 is 24.9. The number of hydrogen-bond acceptors (Lipinski definition) is 5. The Morgan fingerprint density at radius 1 is 1.33 bits per heavy atom. The first-order valence-corrected chi connectivity index (χ1v) is 10.0. The van der Waals surface area contributed by atoms with Crippen LogP contribution in [0.25, 0.3) is 0 Å². The fourth-order valence-corrected chi connectivity index (χ4v) is 3.86. The molecule has 1 saturated heterocycles. The molecule has 3 rings (SSSR count). The van der Waals surface area contributed by atoms with Crippen LogP contribution >= 0.6 is 0 Å². The van der Waals surface area contributed by atoms with Crippen molar-refractivity contribution < 1.29 is 13.5 Å². The number of aliphatic hydroxyl groups is 1. The number of β-amino-alcohol motifs (C(OH)–C–C–N with tert-alkyl or cyclic N) is 1. The third-order valence-corrected chi connectivity index (χ3v) is 5.69. The molecule has 1 aromatic carbocycles. The van der Waals surface area contributed by atoms with Crippen molar-refractivity contribution in [2.24, 2.45) is 0 Å². The van der Waals surface area contributed by atoms with Crippen molar-refractivity contribution in [3.63, 3.8) is 0 Å². The van der Waals surface area contributed by atoms with Gasteiger partial charge in [0.15, 0.2) is 9.84 Å². The number of likely N-dealkylation sites (tertiary alicyclic amines) is 1. The van der Waals surface area contributed by atoms with Gasteiger partial charge in [-0.05, 0) is 43.1 Å². The summed E-state index contributed by atoms with van der Waals surface area (Å²) in [5, 5.41) is 14.8. The molecule has 0 unspecified atom stereocenters. The highest BCUT2D eigenvalue weighted by Gasteiger charge is 2.27. The molecule has 2 heterocycles. The van der Waals surface area contributed by atoms with E-state index in [0.29, 0.717) is 12.6 Å². The first-order chi connectivity index (χ1) is 11.4. The van der Waals surface area contributed by atoms with Crippen molar-refractivity contribution >= 4 is 9.84 Å². The summed E-state index contributed by atoms with van der Waals surface area (Å²) in [6, 6.07) is 8.78. The lowest BCUT2D eigenvalue weighted by Gasteiger charge is -2.27. The predicted molar refractivity (Wildman–Crippen MR) is 91.3 cm³/mol. The maximum atomic E-state index is 11.5. The first-order valence-electron chi connectivity index (χ1n) is 8.13. The smallest absolute Gasteiger partial charge is 0.175 e. The van der Waals surface area contributed by atoms with E-state index in [4.69, 9.17) is 0 Å².